The molecule has 1 fully saturated rings. The molecule has 130 valence electrons. The summed E-state index contributed by atoms with van der Waals surface area (Å²) < 4.78 is 2.13. The predicted molar refractivity (Wildman–Crippen MR) is 104 cm³/mol. The highest BCUT2D eigenvalue weighted by molar-refractivity contribution is 5.92. The van der Waals surface area contributed by atoms with Crippen LogP contribution in [-0.4, -0.2) is 32.7 Å². The minimum absolute atomic E-state index is 0.457. The minimum Gasteiger partial charge on any atom is -0.371 e. The molecule has 1 saturated heterocycles. The number of hydrogen-bond acceptors (Lipinski definition) is 4. The third kappa shape index (κ3) is 2.51. The van der Waals surface area contributed by atoms with Gasteiger partial charge in [-0.2, -0.15) is 0 Å². The summed E-state index contributed by atoms with van der Waals surface area (Å²) in [5, 5.41) is 10.0. The van der Waals surface area contributed by atoms with Crippen LogP contribution in [0.1, 0.15) is 30.1 Å². The maximum absolute atomic E-state index is 4.52. The average Bonchev–Trinajstić information content (AvgIpc) is 3.12. The van der Waals surface area contributed by atoms with E-state index in [9.17, 15) is 0 Å². The normalized spacial score (nSPS) is 15.8. The lowest BCUT2D eigenvalue weighted by atomic mass is 9.95. The van der Waals surface area contributed by atoms with Crippen LogP contribution in [0, 0.1) is 6.92 Å². The van der Waals surface area contributed by atoms with Gasteiger partial charge in [0.2, 0.25) is 0 Å². The molecule has 0 atom stereocenters. The predicted octanol–water partition coefficient (Wildman–Crippen LogP) is 3.97. The van der Waals surface area contributed by atoms with Gasteiger partial charge in [-0.05, 0) is 50.1 Å². The Kier molecular flexibility index (Phi) is 3.59. The molecular weight excluding hydrogens is 322 g/mol. The Morgan fingerprint density at radius 1 is 1.00 bits per heavy atom. The van der Waals surface area contributed by atoms with Crippen LogP contribution >= 0.6 is 0 Å². The fraction of sp³-hybridized carbons (Fsp3) is 0.286. The molecule has 0 bridgehead atoms. The zero-order chi connectivity index (χ0) is 17.5. The number of hydrogen-bond donors (Lipinski definition) is 0. The second kappa shape index (κ2) is 6.09. The van der Waals surface area contributed by atoms with Gasteiger partial charge in [-0.25, -0.2) is 0 Å². The van der Waals surface area contributed by atoms with E-state index >= 15 is 0 Å². The van der Waals surface area contributed by atoms with Crippen LogP contribution in [0.25, 0.3) is 16.6 Å². The molecule has 0 aliphatic carbocycles. The van der Waals surface area contributed by atoms with E-state index < -0.39 is 0 Å². The number of pyridine rings is 2. The van der Waals surface area contributed by atoms with Gasteiger partial charge >= 0.3 is 0 Å². The maximum Gasteiger partial charge on any atom is 0.160 e. The van der Waals surface area contributed by atoms with E-state index in [2.05, 4.69) is 61.9 Å². The first-order valence-corrected chi connectivity index (χ1v) is 9.19. The van der Waals surface area contributed by atoms with E-state index in [4.69, 9.17) is 0 Å². The van der Waals surface area contributed by atoms with E-state index in [0.717, 1.165) is 42.9 Å². The number of nitrogens with zero attached hydrogens (tertiary/aromatic N) is 5. The minimum atomic E-state index is 0.457. The number of aryl methyl sites for hydroxylation is 1. The summed E-state index contributed by atoms with van der Waals surface area (Å²) in [5.41, 5.74) is 4.57. The van der Waals surface area contributed by atoms with Gasteiger partial charge in [0.05, 0.1) is 5.52 Å². The second-order valence-electron chi connectivity index (χ2n) is 7.10. The van der Waals surface area contributed by atoms with Crippen molar-refractivity contribution in [2.75, 3.05) is 18.0 Å². The Balaban J connectivity index is 1.42. The molecule has 3 aromatic heterocycles. The third-order valence-electron chi connectivity index (χ3n) is 5.41. The molecule has 0 amide bonds. The summed E-state index contributed by atoms with van der Waals surface area (Å²) in [5.74, 6) is 1.55. The largest absolute Gasteiger partial charge is 0.371 e. The van der Waals surface area contributed by atoms with Crippen LogP contribution in [-0.2, 0) is 0 Å². The lowest BCUT2D eigenvalue weighted by Gasteiger charge is -2.33. The summed E-state index contributed by atoms with van der Waals surface area (Å²) in [6.45, 7) is 4.19. The fourth-order valence-electron chi connectivity index (χ4n) is 4.04. The molecule has 4 aromatic rings. The highest BCUT2D eigenvalue weighted by Crippen LogP contribution is 2.33. The van der Waals surface area contributed by atoms with Crippen LogP contribution in [0.5, 0.6) is 0 Å². The van der Waals surface area contributed by atoms with Crippen molar-refractivity contribution in [1.82, 2.24) is 19.6 Å². The van der Waals surface area contributed by atoms with Gasteiger partial charge in [0.25, 0.3) is 0 Å². The number of fused-ring (bicyclic) bond motifs is 2. The van der Waals surface area contributed by atoms with Gasteiger partial charge in [0.1, 0.15) is 5.82 Å². The van der Waals surface area contributed by atoms with Crippen LogP contribution in [0.15, 0.2) is 54.9 Å². The van der Waals surface area contributed by atoms with Crippen molar-refractivity contribution in [2.24, 2.45) is 0 Å². The molecular formula is C21H21N5. The van der Waals surface area contributed by atoms with Gasteiger partial charge < -0.3 is 4.90 Å². The lowest BCUT2D eigenvalue weighted by molar-refractivity contribution is 0.483. The van der Waals surface area contributed by atoms with E-state index in [0.29, 0.717) is 5.92 Å². The number of piperidine rings is 1. The molecule has 5 heteroatoms. The van der Waals surface area contributed by atoms with Gasteiger partial charge in [0, 0.05) is 42.5 Å². The SMILES string of the molecule is Cc1ccc2nccc(N3CCC(c4nnc5ccccn45)CC3)c2c1. The molecule has 4 heterocycles. The smallest absolute Gasteiger partial charge is 0.160 e. The first kappa shape index (κ1) is 15.3. The topological polar surface area (TPSA) is 46.3 Å². The average molecular weight is 343 g/mol. The number of benzene rings is 1. The summed E-state index contributed by atoms with van der Waals surface area (Å²) in [6.07, 6.45) is 6.16. The maximum atomic E-state index is 4.52. The van der Waals surface area contributed by atoms with Crippen LogP contribution in [0.4, 0.5) is 5.69 Å². The van der Waals surface area contributed by atoms with Crippen molar-refractivity contribution in [3.05, 3.63) is 66.2 Å². The van der Waals surface area contributed by atoms with Crippen molar-refractivity contribution in [2.45, 2.75) is 25.7 Å². The van der Waals surface area contributed by atoms with E-state index in [1.165, 1.54) is 16.6 Å². The molecule has 1 aliphatic heterocycles. The number of aromatic nitrogens is 4. The number of rotatable bonds is 2. The molecule has 5 nitrogen and oxygen atoms in total. The zero-order valence-corrected chi connectivity index (χ0v) is 14.8. The molecule has 0 unspecified atom stereocenters. The van der Waals surface area contributed by atoms with Gasteiger partial charge in [-0.3, -0.25) is 9.38 Å². The first-order chi connectivity index (χ1) is 12.8. The summed E-state index contributed by atoms with van der Waals surface area (Å²) in [6, 6.07) is 14.7. The van der Waals surface area contributed by atoms with Crippen LogP contribution in [0.2, 0.25) is 0 Å². The molecule has 0 saturated carbocycles. The molecule has 1 aliphatic rings. The molecule has 0 spiro atoms. The van der Waals surface area contributed by atoms with Crippen molar-refractivity contribution < 1.29 is 0 Å². The van der Waals surface area contributed by atoms with Crippen LogP contribution < -0.4 is 4.90 Å². The second-order valence-corrected chi connectivity index (χ2v) is 7.10. The Morgan fingerprint density at radius 3 is 2.77 bits per heavy atom. The summed E-state index contributed by atoms with van der Waals surface area (Å²) >= 11 is 0. The quantitative estimate of drug-likeness (QED) is 0.552. The Labute approximate surface area is 152 Å². The first-order valence-electron chi connectivity index (χ1n) is 9.19. The molecule has 1 aromatic carbocycles. The van der Waals surface area contributed by atoms with Gasteiger partial charge in [0.15, 0.2) is 5.65 Å². The van der Waals surface area contributed by atoms with Crippen molar-refractivity contribution >= 4 is 22.2 Å². The summed E-state index contributed by atoms with van der Waals surface area (Å²) in [4.78, 5) is 7.01. The monoisotopic (exact) mass is 343 g/mol. The van der Waals surface area contributed by atoms with Crippen molar-refractivity contribution in [1.29, 1.82) is 0 Å². The van der Waals surface area contributed by atoms with Gasteiger partial charge in [-0.15, -0.1) is 10.2 Å². The molecule has 5 rings (SSSR count). The number of anilines is 1. The highest BCUT2D eigenvalue weighted by atomic mass is 15.3. The van der Waals surface area contributed by atoms with Gasteiger partial charge in [-0.1, -0.05) is 17.7 Å². The van der Waals surface area contributed by atoms with Crippen molar-refractivity contribution in [3.8, 4) is 0 Å². The fourth-order valence-corrected chi connectivity index (χ4v) is 4.04. The Morgan fingerprint density at radius 2 is 1.88 bits per heavy atom. The Bertz CT molecular complexity index is 1080. The zero-order valence-electron chi connectivity index (χ0n) is 14.8. The lowest BCUT2D eigenvalue weighted by Crippen LogP contribution is -2.33. The Hall–Kier alpha value is -2.95. The van der Waals surface area contributed by atoms with E-state index in [-0.39, 0.29) is 0 Å². The summed E-state index contributed by atoms with van der Waals surface area (Å²) in [7, 11) is 0. The molecule has 0 N–H and O–H groups in total. The molecule has 26 heavy (non-hydrogen) atoms. The van der Waals surface area contributed by atoms with Crippen molar-refractivity contribution in [3.63, 3.8) is 0 Å². The van der Waals surface area contributed by atoms with E-state index in [1.807, 2.05) is 24.4 Å². The van der Waals surface area contributed by atoms with E-state index in [1.54, 1.807) is 0 Å². The highest BCUT2D eigenvalue weighted by Gasteiger charge is 2.25. The third-order valence-corrected chi connectivity index (χ3v) is 5.41. The standard InChI is InChI=1S/C21H21N5/c1-15-5-6-18-17(14-15)19(7-10-22-18)25-12-8-16(9-13-25)21-24-23-20-4-2-3-11-26(20)21/h2-7,10-11,14,16H,8-9,12-13H2,1H3. The molecule has 0 radical (unpaired) electrons. The van der Waals surface area contributed by atoms with Crippen LogP contribution in [0.3, 0.4) is 0 Å².